The summed E-state index contributed by atoms with van der Waals surface area (Å²) >= 11 is 0. The van der Waals surface area contributed by atoms with Crippen molar-refractivity contribution in [1.29, 1.82) is 0 Å². The second-order valence-corrected chi connectivity index (χ2v) is 10.8. The van der Waals surface area contributed by atoms with Crippen molar-refractivity contribution in [2.24, 2.45) is 0 Å². The van der Waals surface area contributed by atoms with Crippen LogP contribution in [-0.2, 0) is 9.59 Å². The molecule has 2 amide bonds. The van der Waals surface area contributed by atoms with E-state index in [4.69, 9.17) is 0 Å². The molecule has 1 aliphatic rings. The van der Waals surface area contributed by atoms with Crippen molar-refractivity contribution in [3.8, 4) is 0 Å². The summed E-state index contributed by atoms with van der Waals surface area (Å²) in [6, 6.07) is 0.235. The highest BCUT2D eigenvalue weighted by Gasteiger charge is 2.27. The average Bonchev–Trinajstić information content (AvgIpc) is 2.83. The molecule has 1 rings (SSSR count). The van der Waals surface area contributed by atoms with Crippen molar-refractivity contribution in [2.75, 3.05) is 0 Å². The van der Waals surface area contributed by atoms with Crippen molar-refractivity contribution >= 4 is 11.8 Å². The minimum atomic E-state index is 0.117. The van der Waals surface area contributed by atoms with Gasteiger partial charge in [-0.2, -0.15) is 0 Å². The Kier molecular flexibility index (Phi) is 20.4. The second kappa shape index (κ2) is 22.4. The first-order valence-corrected chi connectivity index (χ1v) is 15.3. The third kappa shape index (κ3) is 17.4. The van der Waals surface area contributed by atoms with E-state index >= 15 is 0 Å². The molecule has 1 fully saturated rings. The van der Waals surface area contributed by atoms with Crippen LogP contribution in [0.1, 0.15) is 168 Å². The van der Waals surface area contributed by atoms with Crippen molar-refractivity contribution in [2.45, 2.75) is 180 Å². The van der Waals surface area contributed by atoms with E-state index in [9.17, 15) is 9.59 Å². The fourth-order valence-corrected chi connectivity index (χ4v) is 5.23. The number of carbonyl (C=O) groups is 2. The molecule has 0 spiro atoms. The number of unbranched alkanes of at least 4 members (excludes halogenated alkanes) is 16. The molecule has 2 N–H and O–H groups in total. The van der Waals surface area contributed by atoms with Crippen molar-refractivity contribution in [3.05, 3.63) is 0 Å². The van der Waals surface area contributed by atoms with E-state index in [1.807, 2.05) is 0 Å². The topological polar surface area (TPSA) is 58.2 Å². The van der Waals surface area contributed by atoms with Crippen LogP contribution in [0.4, 0.5) is 0 Å². The molecule has 4 nitrogen and oxygen atoms in total. The smallest absolute Gasteiger partial charge is 0.220 e. The van der Waals surface area contributed by atoms with Gasteiger partial charge in [-0.05, 0) is 25.7 Å². The number of rotatable bonds is 22. The molecular formula is C30H58N2O2. The summed E-state index contributed by atoms with van der Waals surface area (Å²) in [6.07, 6.45) is 28.4. The Morgan fingerprint density at radius 2 is 0.794 bits per heavy atom. The first-order valence-electron chi connectivity index (χ1n) is 15.3. The minimum Gasteiger partial charge on any atom is -0.351 e. The van der Waals surface area contributed by atoms with E-state index in [-0.39, 0.29) is 23.9 Å². The quantitative estimate of drug-likeness (QED) is 0.154. The SMILES string of the molecule is CCCCCCCCCCCC(=O)N[C@@H]1CCCC[C@H]1NC(=O)CCCCCCCCCCC. The average molecular weight is 479 g/mol. The summed E-state index contributed by atoms with van der Waals surface area (Å²) in [4.78, 5) is 25.0. The molecule has 0 heterocycles. The van der Waals surface area contributed by atoms with Gasteiger partial charge in [-0.25, -0.2) is 0 Å². The molecule has 2 atom stereocenters. The van der Waals surface area contributed by atoms with Crippen LogP contribution in [0.25, 0.3) is 0 Å². The fourth-order valence-electron chi connectivity index (χ4n) is 5.23. The minimum absolute atomic E-state index is 0.117. The van der Waals surface area contributed by atoms with Crippen LogP contribution in [-0.4, -0.2) is 23.9 Å². The Morgan fingerprint density at radius 1 is 0.500 bits per heavy atom. The zero-order valence-electron chi connectivity index (χ0n) is 22.9. The lowest BCUT2D eigenvalue weighted by Crippen LogP contribution is -2.53. The third-order valence-corrected chi connectivity index (χ3v) is 7.47. The Morgan fingerprint density at radius 3 is 1.12 bits per heavy atom. The number of hydrogen-bond acceptors (Lipinski definition) is 2. The summed E-state index contributed by atoms with van der Waals surface area (Å²) in [7, 11) is 0. The molecule has 0 aliphatic heterocycles. The van der Waals surface area contributed by atoms with Crippen molar-refractivity contribution in [3.63, 3.8) is 0 Å². The Bertz CT molecular complexity index is 450. The lowest BCUT2D eigenvalue weighted by atomic mass is 9.90. The molecular weight excluding hydrogens is 420 g/mol. The first kappa shape index (κ1) is 31.0. The van der Waals surface area contributed by atoms with Crippen LogP contribution >= 0.6 is 0 Å². The Hall–Kier alpha value is -1.06. The number of nitrogens with one attached hydrogen (secondary N) is 2. The molecule has 0 radical (unpaired) electrons. The van der Waals surface area contributed by atoms with Gasteiger partial charge < -0.3 is 10.6 Å². The summed E-state index contributed by atoms with van der Waals surface area (Å²) in [6.45, 7) is 4.51. The summed E-state index contributed by atoms with van der Waals surface area (Å²) in [5.74, 6) is 0.348. The highest BCUT2D eigenvalue weighted by atomic mass is 16.2. The van der Waals surface area contributed by atoms with E-state index < -0.39 is 0 Å². The van der Waals surface area contributed by atoms with E-state index in [1.54, 1.807) is 0 Å². The van der Waals surface area contributed by atoms with E-state index in [0.717, 1.165) is 51.4 Å². The maximum absolute atomic E-state index is 12.5. The molecule has 1 aliphatic carbocycles. The van der Waals surface area contributed by atoms with Gasteiger partial charge in [0, 0.05) is 24.9 Å². The molecule has 0 bridgehead atoms. The molecule has 0 saturated heterocycles. The van der Waals surface area contributed by atoms with Gasteiger partial charge in [0.1, 0.15) is 0 Å². The van der Waals surface area contributed by atoms with Gasteiger partial charge in [0.15, 0.2) is 0 Å². The summed E-state index contributed by atoms with van der Waals surface area (Å²) < 4.78 is 0. The van der Waals surface area contributed by atoms with Gasteiger partial charge in [-0.3, -0.25) is 9.59 Å². The van der Waals surface area contributed by atoms with Crippen LogP contribution in [0, 0.1) is 0 Å². The molecule has 0 unspecified atom stereocenters. The van der Waals surface area contributed by atoms with Crippen molar-refractivity contribution in [1.82, 2.24) is 10.6 Å². The van der Waals surface area contributed by atoms with E-state index in [0.29, 0.717) is 12.8 Å². The molecule has 34 heavy (non-hydrogen) atoms. The van der Waals surface area contributed by atoms with E-state index in [1.165, 1.54) is 89.9 Å². The van der Waals surface area contributed by atoms with Crippen LogP contribution in [0.3, 0.4) is 0 Å². The highest BCUT2D eigenvalue weighted by Crippen LogP contribution is 2.20. The second-order valence-electron chi connectivity index (χ2n) is 10.8. The Balaban J connectivity index is 2.10. The number of hydrogen-bond donors (Lipinski definition) is 2. The summed E-state index contributed by atoms with van der Waals surface area (Å²) in [5.41, 5.74) is 0. The van der Waals surface area contributed by atoms with Gasteiger partial charge in [0.25, 0.3) is 0 Å². The maximum atomic E-state index is 12.5. The van der Waals surface area contributed by atoms with Crippen LogP contribution in [0.15, 0.2) is 0 Å². The lowest BCUT2D eigenvalue weighted by molar-refractivity contribution is -0.125. The highest BCUT2D eigenvalue weighted by molar-refractivity contribution is 5.77. The van der Waals surface area contributed by atoms with Gasteiger partial charge in [0.2, 0.25) is 11.8 Å². The zero-order chi connectivity index (χ0) is 24.7. The van der Waals surface area contributed by atoms with Crippen LogP contribution in [0.2, 0.25) is 0 Å². The van der Waals surface area contributed by atoms with E-state index in [2.05, 4.69) is 24.5 Å². The molecule has 0 aromatic rings. The van der Waals surface area contributed by atoms with Crippen molar-refractivity contribution < 1.29 is 9.59 Å². The molecule has 0 aromatic carbocycles. The van der Waals surface area contributed by atoms with Gasteiger partial charge in [-0.15, -0.1) is 0 Å². The predicted molar refractivity (Wildman–Crippen MR) is 146 cm³/mol. The molecule has 4 heteroatoms. The number of carbonyl (C=O) groups excluding carboxylic acids is 2. The fraction of sp³-hybridized carbons (Fsp3) is 0.933. The zero-order valence-corrected chi connectivity index (χ0v) is 22.9. The van der Waals surface area contributed by atoms with Gasteiger partial charge >= 0.3 is 0 Å². The Labute approximate surface area is 212 Å². The monoisotopic (exact) mass is 478 g/mol. The lowest BCUT2D eigenvalue weighted by Gasteiger charge is -2.33. The predicted octanol–water partition coefficient (Wildman–Crippen LogP) is 8.37. The first-order chi connectivity index (χ1) is 16.7. The third-order valence-electron chi connectivity index (χ3n) is 7.47. The van der Waals surface area contributed by atoms with Crippen LogP contribution < -0.4 is 10.6 Å². The van der Waals surface area contributed by atoms with Gasteiger partial charge in [-0.1, -0.05) is 129 Å². The largest absolute Gasteiger partial charge is 0.351 e. The molecule has 1 saturated carbocycles. The molecule has 0 aromatic heterocycles. The summed E-state index contributed by atoms with van der Waals surface area (Å²) in [5, 5.41) is 6.50. The van der Waals surface area contributed by atoms with Crippen LogP contribution in [0.5, 0.6) is 0 Å². The normalized spacial score (nSPS) is 18.1. The maximum Gasteiger partial charge on any atom is 0.220 e. The number of amides is 2. The molecule has 200 valence electrons. The van der Waals surface area contributed by atoms with Gasteiger partial charge in [0.05, 0.1) is 0 Å². The standard InChI is InChI=1S/C30H58N2O2/c1-3-5-7-9-11-13-15-17-19-25-29(33)31-27-23-21-22-24-28(27)32-30(34)26-20-18-16-14-12-10-8-6-4-2/h27-28H,3-26H2,1-2H3,(H,31,33)(H,32,34)/t27-,28-/m1/s1.